The SMILES string of the molecule is CC(C)N1CC(c2ccccc2O)OCC1=O. The Bertz CT molecular complexity index is 417. The van der Waals surface area contributed by atoms with Crippen molar-refractivity contribution >= 4 is 5.91 Å². The zero-order valence-corrected chi connectivity index (χ0v) is 10.1. The maximum Gasteiger partial charge on any atom is 0.248 e. The topological polar surface area (TPSA) is 49.8 Å². The van der Waals surface area contributed by atoms with Crippen LogP contribution in [0.1, 0.15) is 25.5 Å². The summed E-state index contributed by atoms with van der Waals surface area (Å²) in [6.07, 6.45) is -0.240. The number of carbonyl (C=O) groups is 1. The average molecular weight is 235 g/mol. The van der Waals surface area contributed by atoms with Crippen LogP contribution in [0.25, 0.3) is 0 Å². The molecular weight excluding hydrogens is 218 g/mol. The first-order valence-corrected chi connectivity index (χ1v) is 5.78. The van der Waals surface area contributed by atoms with Crippen molar-refractivity contribution in [3.8, 4) is 5.75 Å². The molecule has 1 amide bonds. The Labute approximate surface area is 101 Å². The van der Waals surface area contributed by atoms with Crippen molar-refractivity contribution < 1.29 is 14.6 Å². The van der Waals surface area contributed by atoms with E-state index < -0.39 is 0 Å². The molecule has 1 atom stereocenters. The van der Waals surface area contributed by atoms with E-state index in [0.29, 0.717) is 6.54 Å². The van der Waals surface area contributed by atoms with Crippen molar-refractivity contribution in [2.75, 3.05) is 13.2 Å². The van der Waals surface area contributed by atoms with Gasteiger partial charge in [0.25, 0.3) is 0 Å². The Morgan fingerprint density at radius 2 is 2.12 bits per heavy atom. The molecule has 0 aromatic heterocycles. The molecule has 0 aliphatic carbocycles. The van der Waals surface area contributed by atoms with Gasteiger partial charge >= 0.3 is 0 Å². The van der Waals surface area contributed by atoms with Crippen molar-refractivity contribution in [1.82, 2.24) is 4.90 Å². The molecule has 0 bridgehead atoms. The van der Waals surface area contributed by atoms with E-state index in [-0.39, 0.29) is 30.4 Å². The standard InChI is InChI=1S/C13H17NO3/c1-9(2)14-7-12(17-8-13(14)16)10-5-3-4-6-11(10)15/h3-6,9,12,15H,7-8H2,1-2H3. The second-order valence-electron chi connectivity index (χ2n) is 4.50. The summed E-state index contributed by atoms with van der Waals surface area (Å²) in [6.45, 7) is 4.53. The minimum atomic E-state index is -0.240. The fourth-order valence-electron chi connectivity index (χ4n) is 2.03. The number of nitrogens with zero attached hydrogens (tertiary/aromatic N) is 1. The summed E-state index contributed by atoms with van der Waals surface area (Å²) in [5.41, 5.74) is 0.741. The van der Waals surface area contributed by atoms with E-state index in [4.69, 9.17) is 4.74 Å². The van der Waals surface area contributed by atoms with Gasteiger partial charge in [0.15, 0.2) is 0 Å². The molecule has 2 rings (SSSR count). The molecule has 1 aliphatic heterocycles. The molecule has 1 heterocycles. The lowest BCUT2D eigenvalue weighted by molar-refractivity contribution is -0.151. The number of ether oxygens (including phenoxy) is 1. The molecule has 17 heavy (non-hydrogen) atoms. The highest BCUT2D eigenvalue weighted by Crippen LogP contribution is 2.29. The van der Waals surface area contributed by atoms with Crippen LogP contribution in [-0.4, -0.2) is 35.1 Å². The van der Waals surface area contributed by atoms with Gasteiger partial charge in [-0.2, -0.15) is 0 Å². The molecule has 1 unspecified atom stereocenters. The normalized spacial score (nSPS) is 21.0. The van der Waals surface area contributed by atoms with Gasteiger partial charge in [-0.3, -0.25) is 4.79 Å². The van der Waals surface area contributed by atoms with Crippen molar-refractivity contribution in [3.63, 3.8) is 0 Å². The summed E-state index contributed by atoms with van der Waals surface area (Å²) < 4.78 is 5.49. The van der Waals surface area contributed by atoms with Crippen LogP contribution in [0.2, 0.25) is 0 Å². The summed E-state index contributed by atoms with van der Waals surface area (Å²) in [4.78, 5) is 13.4. The van der Waals surface area contributed by atoms with E-state index in [9.17, 15) is 9.90 Å². The maximum atomic E-state index is 11.6. The Kier molecular flexibility index (Phi) is 3.33. The number of rotatable bonds is 2. The first-order valence-electron chi connectivity index (χ1n) is 5.78. The van der Waals surface area contributed by atoms with E-state index in [1.807, 2.05) is 26.0 Å². The first-order chi connectivity index (χ1) is 8.09. The Balaban J connectivity index is 2.19. The van der Waals surface area contributed by atoms with E-state index in [1.54, 1.807) is 17.0 Å². The molecule has 1 N–H and O–H groups in total. The van der Waals surface area contributed by atoms with E-state index in [2.05, 4.69) is 0 Å². The van der Waals surface area contributed by atoms with Gasteiger partial charge in [-0.15, -0.1) is 0 Å². The Hall–Kier alpha value is -1.55. The van der Waals surface area contributed by atoms with Crippen LogP contribution in [0.15, 0.2) is 24.3 Å². The number of morpholine rings is 1. The van der Waals surface area contributed by atoms with Crippen LogP contribution < -0.4 is 0 Å². The summed E-state index contributed by atoms with van der Waals surface area (Å²) in [6, 6.07) is 7.24. The number of para-hydroxylation sites is 1. The minimum absolute atomic E-state index is 0.00618. The number of aromatic hydroxyl groups is 1. The van der Waals surface area contributed by atoms with Crippen molar-refractivity contribution in [1.29, 1.82) is 0 Å². The lowest BCUT2D eigenvalue weighted by Gasteiger charge is -2.35. The molecular formula is C13H17NO3. The highest BCUT2D eigenvalue weighted by atomic mass is 16.5. The number of phenols is 1. The fourth-order valence-corrected chi connectivity index (χ4v) is 2.03. The second-order valence-corrected chi connectivity index (χ2v) is 4.50. The van der Waals surface area contributed by atoms with Gasteiger partial charge in [0.1, 0.15) is 18.5 Å². The monoisotopic (exact) mass is 235 g/mol. The lowest BCUT2D eigenvalue weighted by atomic mass is 10.1. The Morgan fingerprint density at radius 1 is 1.41 bits per heavy atom. The molecule has 1 aromatic rings. The fraction of sp³-hybridized carbons (Fsp3) is 0.462. The summed E-state index contributed by atoms with van der Waals surface area (Å²) in [5, 5.41) is 9.77. The van der Waals surface area contributed by atoms with Crippen LogP contribution in [0.4, 0.5) is 0 Å². The van der Waals surface area contributed by atoms with Gasteiger partial charge < -0.3 is 14.7 Å². The first kappa shape index (κ1) is 11.9. The molecule has 1 aromatic carbocycles. The number of hydrogen-bond donors (Lipinski definition) is 1. The zero-order chi connectivity index (χ0) is 12.4. The van der Waals surface area contributed by atoms with E-state index in [0.717, 1.165) is 5.56 Å². The number of phenolic OH excluding ortho intramolecular Hbond substituents is 1. The van der Waals surface area contributed by atoms with Crippen molar-refractivity contribution in [2.24, 2.45) is 0 Å². The number of hydrogen-bond acceptors (Lipinski definition) is 3. The van der Waals surface area contributed by atoms with Crippen LogP contribution >= 0.6 is 0 Å². The van der Waals surface area contributed by atoms with Gasteiger partial charge in [-0.25, -0.2) is 0 Å². The number of benzene rings is 1. The lowest BCUT2D eigenvalue weighted by Crippen LogP contribution is -2.46. The van der Waals surface area contributed by atoms with Gasteiger partial charge in [0, 0.05) is 11.6 Å². The highest BCUT2D eigenvalue weighted by Gasteiger charge is 2.29. The van der Waals surface area contributed by atoms with Crippen molar-refractivity contribution in [2.45, 2.75) is 26.0 Å². The molecule has 1 fully saturated rings. The summed E-state index contributed by atoms with van der Waals surface area (Å²) >= 11 is 0. The smallest absolute Gasteiger partial charge is 0.248 e. The molecule has 0 spiro atoms. The van der Waals surface area contributed by atoms with Gasteiger partial charge in [-0.05, 0) is 19.9 Å². The molecule has 0 radical (unpaired) electrons. The van der Waals surface area contributed by atoms with Gasteiger partial charge in [-0.1, -0.05) is 18.2 Å². The molecule has 4 nitrogen and oxygen atoms in total. The maximum absolute atomic E-state index is 11.6. The van der Waals surface area contributed by atoms with Crippen LogP contribution in [-0.2, 0) is 9.53 Å². The quantitative estimate of drug-likeness (QED) is 0.848. The molecule has 4 heteroatoms. The van der Waals surface area contributed by atoms with E-state index >= 15 is 0 Å². The van der Waals surface area contributed by atoms with Gasteiger partial charge in [0.2, 0.25) is 5.91 Å². The third-order valence-electron chi connectivity index (χ3n) is 3.00. The predicted molar refractivity (Wildman–Crippen MR) is 63.6 cm³/mol. The van der Waals surface area contributed by atoms with Crippen molar-refractivity contribution in [3.05, 3.63) is 29.8 Å². The zero-order valence-electron chi connectivity index (χ0n) is 10.1. The highest BCUT2D eigenvalue weighted by molar-refractivity contribution is 5.78. The third-order valence-corrected chi connectivity index (χ3v) is 3.00. The third kappa shape index (κ3) is 2.42. The van der Waals surface area contributed by atoms with Crippen LogP contribution in [0.3, 0.4) is 0 Å². The number of amides is 1. The summed E-state index contributed by atoms with van der Waals surface area (Å²) in [7, 11) is 0. The van der Waals surface area contributed by atoms with Gasteiger partial charge in [0.05, 0.1) is 6.54 Å². The molecule has 0 saturated carbocycles. The molecule has 1 saturated heterocycles. The van der Waals surface area contributed by atoms with Crippen LogP contribution in [0.5, 0.6) is 5.75 Å². The predicted octanol–water partition coefficient (Wildman–Crippen LogP) is 1.70. The molecule has 92 valence electrons. The van der Waals surface area contributed by atoms with Crippen LogP contribution in [0, 0.1) is 0 Å². The second kappa shape index (κ2) is 4.75. The minimum Gasteiger partial charge on any atom is -0.508 e. The average Bonchev–Trinajstić information content (AvgIpc) is 2.30. The van der Waals surface area contributed by atoms with E-state index in [1.165, 1.54) is 0 Å². The largest absolute Gasteiger partial charge is 0.508 e. The molecule has 1 aliphatic rings. The summed E-state index contributed by atoms with van der Waals surface area (Å²) in [5.74, 6) is 0.224. The number of carbonyl (C=O) groups excluding carboxylic acids is 1. The Morgan fingerprint density at radius 3 is 2.76 bits per heavy atom.